The summed E-state index contributed by atoms with van der Waals surface area (Å²) in [6, 6.07) is 4.60. The van der Waals surface area contributed by atoms with Gasteiger partial charge in [-0.2, -0.15) is 4.31 Å². The fourth-order valence-electron chi connectivity index (χ4n) is 4.14. The Morgan fingerprint density at radius 3 is 2.79 bits per heavy atom. The highest BCUT2D eigenvalue weighted by atomic mass is 35.5. The fourth-order valence-corrected chi connectivity index (χ4v) is 6.01. The van der Waals surface area contributed by atoms with Gasteiger partial charge in [-0.1, -0.05) is 18.0 Å². The molecule has 7 nitrogen and oxygen atoms in total. The van der Waals surface area contributed by atoms with Crippen molar-refractivity contribution in [1.29, 1.82) is 0 Å². The van der Waals surface area contributed by atoms with Crippen LogP contribution in [0.4, 0.5) is 0 Å². The number of hydrogen-bond donors (Lipinski definition) is 0. The number of benzene rings is 1. The summed E-state index contributed by atoms with van der Waals surface area (Å²) in [4.78, 5) is 0.194. The van der Waals surface area contributed by atoms with E-state index in [2.05, 4.69) is 14.8 Å². The molecule has 1 unspecified atom stereocenters. The van der Waals surface area contributed by atoms with Crippen LogP contribution in [0.1, 0.15) is 49.7 Å². The third kappa shape index (κ3) is 3.65. The lowest BCUT2D eigenvalue weighted by Gasteiger charge is -2.31. The van der Waals surface area contributed by atoms with E-state index < -0.39 is 10.0 Å². The average Bonchev–Trinajstić information content (AvgIpc) is 2.96. The van der Waals surface area contributed by atoms with E-state index in [9.17, 15) is 8.42 Å². The molecule has 0 bridgehead atoms. The first-order valence-corrected chi connectivity index (χ1v) is 11.6. The van der Waals surface area contributed by atoms with Crippen LogP contribution in [0, 0.1) is 0 Å². The molecule has 3 heterocycles. The number of fused-ring (bicyclic) bond motifs is 1. The summed E-state index contributed by atoms with van der Waals surface area (Å²) >= 11 is 6.15. The van der Waals surface area contributed by atoms with E-state index in [-0.39, 0.29) is 10.8 Å². The highest BCUT2D eigenvalue weighted by Crippen LogP contribution is 2.33. The predicted octanol–water partition coefficient (Wildman–Crippen LogP) is 3.23. The van der Waals surface area contributed by atoms with Crippen LogP contribution >= 0.6 is 11.6 Å². The minimum Gasteiger partial charge on any atom is -0.495 e. The molecule has 2 aliphatic rings. The third-order valence-electron chi connectivity index (χ3n) is 5.65. The Hall–Kier alpha value is -1.64. The van der Waals surface area contributed by atoms with Crippen LogP contribution in [0.3, 0.4) is 0 Å². The number of nitrogens with zero attached hydrogens (tertiary/aromatic N) is 4. The number of hydrogen-bond acceptors (Lipinski definition) is 5. The molecule has 1 saturated heterocycles. The van der Waals surface area contributed by atoms with Gasteiger partial charge in [0.1, 0.15) is 17.4 Å². The fraction of sp³-hybridized carbons (Fsp3) is 0.579. The molecule has 9 heteroatoms. The Kier molecular flexibility index (Phi) is 5.62. The number of sulfonamides is 1. The zero-order valence-corrected chi connectivity index (χ0v) is 17.5. The van der Waals surface area contributed by atoms with Crippen LogP contribution in [-0.4, -0.2) is 47.7 Å². The number of aryl methyl sites for hydroxylation is 1. The molecular formula is C19H25ClN4O3S. The lowest BCUT2D eigenvalue weighted by atomic mass is 9.99. The summed E-state index contributed by atoms with van der Waals surface area (Å²) in [6.07, 6.45) is 6.14. The van der Waals surface area contributed by atoms with Gasteiger partial charge in [0.2, 0.25) is 10.0 Å². The molecule has 0 spiro atoms. The van der Waals surface area contributed by atoms with Gasteiger partial charge in [0.15, 0.2) is 0 Å². The average molecular weight is 425 g/mol. The van der Waals surface area contributed by atoms with Gasteiger partial charge in [0.25, 0.3) is 0 Å². The Balaban J connectivity index is 1.58. The second-order valence-corrected chi connectivity index (χ2v) is 9.78. The monoisotopic (exact) mass is 424 g/mol. The van der Waals surface area contributed by atoms with Crippen molar-refractivity contribution in [2.24, 2.45) is 0 Å². The van der Waals surface area contributed by atoms with E-state index in [1.165, 1.54) is 19.6 Å². The molecule has 152 valence electrons. The van der Waals surface area contributed by atoms with Gasteiger partial charge in [-0.3, -0.25) is 0 Å². The minimum absolute atomic E-state index is 0.0663. The van der Waals surface area contributed by atoms with Crippen LogP contribution in [-0.2, 0) is 23.0 Å². The van der Waals surface area contributed by atoms with Gasteiger partial charge in [0.05, 0.1) is 17.0 Å². The summed E-state index contributed by atoms with van der Waals surface area (Å²) < 4.78 is 35.3. The molecule has 28 heavy (non-hydrogen) atoms. The van der Waals surface area contributed by atoms with E-state index in [0.717, 1.165) is 50.3 Å². The molecule has 1 aromatic carbocycles. The SMILES string of the molecule is COc1ccc(S(=O)(=O)N2CCCC(c3nnc4n3CCCCC4)C2)cc1Cl. The predicted molar refractivity (Wildman–Crippen MR) is 106 cm³/mol. The quantitative estimate of drug-likeness (QED) is 0.752. The molecule has 0 N–H and O–H groups in total. The van der Waals surface area contributed by atoms with Gasteiger partial charge in [-0.25, -0.2) is 8.42 Å². The second kappa shape index (κ2) is 8.00. The molecule has 0 amide bonds. The van der Waals surface area contributed by atoms with Crippen molar-refractivity contribution in [3.8, 4) is 5.75 Å². The molecule has 2 aromatic rings. The van der Waals surface area contributed by atoms with Gasteiger partial charge in [0, 0.05) is 32.0 Å². The minimum atomic E-state index is -3.63. The highest BCUT2D eigenvalue weighted by Gasteiger charge is 2.34. The smallest absolute Gasteiger partial charge is 0.243 e. The lowest BCUT2D eigenvalue weighted by Crippen LogP contribution is -2.39. The molecular weight excluding hydrogens is 400 g/mol. The number of piperidine rings is 1. The number of rotatable bonds is 4. The van der Waals surface area contributed by atoms with Gasteiger partial charge >= 0.3 is 0 Å². The van der Waals surface area contributed by atoms with Crippen molar-refractivity contribution in [3.63, 3.8) is 0 Å². The lowest BCUT2D eigenvalue weighted by molar-refractivity contribution is 0.304. The Morgan fingerprint density at radius 1 is 1.14 bits per heavy atom. The van der Waals surface area contributed by atoms with E-state index in [1.807, 2.05) is 0 Å². The van der Waals surface area contributed by atoms with Crippen molar-refractivity contribution in [3.05, 3.63) is 34.9 Å². The van der Waals surface area contributed by atoms with Crippen molar-refractivity contribution in [2.45, 2.75) is 55.9 Å². The normalized spacial score (nSPS) is 21.1. The molecule has 0 radical (unpaired) electrons. The van der Waals surface area contributed by atoms with Crippen LogP contribution in [0.2, 0.25) is 5.02 Å². The van der Waals surface area contributed by atoms with E-state index in [0.29, 0.717) is 23.9 Å². The van der Waals surface area contributed by atoms with Crippen molar-refractivity contribution >= 4 is 21.6 Å². The van der Waals surface area contributed by atoms with Gasteiger partial charge in [-0.15, -0.1) is 10.2 Å². The number of ether oxygens (including phenoxy) is 1. The van der Waals surface area contributed by atoms with Crippen LogP contribution < -0.4 is 4.74 Å². The molecule has 0 saturated carbocycles. The van der Waals surface area contributed by atoms with Gasteiger partial charge < -0.3 is 9.30 Å². The summed E-state index contributed by atoms with van der Waals surface area (Å²) in [5.41, 5.74) is 0. The third-order valence-corrected chi connectivity index (χ3v) is 7.80. The number of methoxy groups -OCH3 is 1. The maximum Gasteiger partial charge on any atom is 0.243 e. The van der Waals surface area contributed by atoms with Crippen LogP contribution in [0.5, 0.6) is 5.75 Å². The molecule has 1 fully saturated rings. The van der Waals surface area contributed by atoms with Crippen molar-refractivity contribution in [2.75, 3.05) is 20.2 Å². The van der Waals surface area contributed by atoms with Crippen LogP contribution in [0.25, 0.3) is 0 Å². The molecule has 1 aromatic heterocycles. The zero-order valence-electron chi connectivity index (χ0n) is 16.0. The Morgan fingerprint density at radius 2 is 2.00 bits per heavy atom. The Labute approximate surface area is 170 Å². The molecule has 0 aliphatic carbocycles. The topological polar surface area (TPSA) is 77.3 Å². The Bertz CT molecular complexity index is 960. The number of halogens is 1. The molecule has 2 aliphatic heterocycles. The second-order valence-electron chi connectivity index (χ2n) is 7.44. The summed E-state index contributed by atoms with van der Waals surface area (Å²) in [7, 11) is -2.12. The maximum atomic E-state index is 13.2. The summed E-state index contributed by atoms with van der Waals surface area (Å²) in [5, 5.41) is 9.12. The maximum absolute atomic E-state index is 13.2. The first kappa shape index (κ1) is 19.7. The largest absolute Gasteiger partial charge is 0.495 e. The standard InChI is InChI=1S/C19H25ClN4O3S/c1-27-17-9-8-15(12-16(17)20)28(25,26)23-10-5-6-14(13-23)19-22-21-18-7-3-2-4-11-24(18)19/h8-9,12,14H,2-7,10-11,13H2,1H3. The van der Waals surface area contributed by atoms with Crippen LogP contribution in [0.15, 0.2) is 23.1 Å². The highest BCUT2D eigenvalue weighted by molar-refractivity contribution is 7.89. The molecule has 1 atom stereocenters. The number of aromatic nitrogens is 3. The van der Waals surface area contributed by atoms with E-state index in [1.54, 1.807) is 16.4 Å². The molecule has 4 rings (SSSR count). The first-order chi connectivity index (χ1) is 13.5. The van der Waals surface area contributed by atoms with Crippen molar-refractivity contribution in [1.82, 2.24) is 19.1 Å². The van der Waals surface area contributed by atoms with E-state index in [4.69, 9.17) is 16.3 Å². The van der Waals surface area contributed by atoms with Gasteiger partial charge in [-0.05, 0) is 43.9 Å². The first-order valence-electron chi connectivity index (χ1n) is 9.76. The van der Waals surface area contributed by atoms with E-state index >= 15 is 0 Å². The zero-order chi connectivity index (χ0) is 19.7. The summed E-state index contributed by atoms with van der Waals surface area (Å²) in [6.45, 7) is 1.85. The van der Waals surface area contributed by atoms with Crippen molar-refractivity contribution < 1.29 is 13.2 Å². The summed E-state index contributed by atoms with van der Waals surface area (Å²) in [5.74, 6) is 2.50.